The predicted molar refractivity (Wildman–Crippen MR) is 146 cm³/mol. The topological polar surface area (TPSA) is 61.8 Å². The van der Waals surface area contributed by atoms with Crippen molar-refractivity contribution in [1.29, 1.82) is 0 Å². The molecule has 0 N–H and O–H groups in total. The Balaban J connectivity index is 2.07. The molecule has 0 saturated heterocycles. The van der Waals surface area contributed by atoms with Gasteiger partial charge in [-0.1, -0.05) is 36.4 Å². The zero-order chi connectivity index (χ0) is 29.2. The van der Waals surface area contributed by atoms with Crippen molar-refractivity contribution in [2.45, 2.75) is 64.8 Å². The predicted octanol–water partition coefficient (Wildman–Crippen LogP) is 7.53. The van der Waals surface area contributed by atoms with Gasteiger partial charge in [0, 0.05) is 12.0 Å². The third kappa shape index (κ3) is 6.55. The molecular formula is C32H33F3O5. The lowest BCUT2D eigenvalue weighted by molar-refractivity contribution is -0.166. The Kier molecular flexibility index (Phi) is 8.40. The number of Topliss-reactive ketones (excluding diaryl/α,β-unsaturated/α-hetero) is 1. The number of ketones is 1. The van der Waals surface area contributed by atoms with Crippen LogP contribution in [0.15, 0.2) is 54.6 Å². The molecule has 0 saturated carbocycles. The molecule has 40 heavy (non-hydrogen) atoms. The molecule has 1 atom stereocenters. The second-order valence-electron chi connectivity index (χ2n) is 10.9. The fraction of sp³-hybridized carbons (Fsp3) is 0.375. The first-order valence-corrected chi connectivity index (χ1v) is 13.1. The zero-order valence-electron chi connectivity index (χ0n) is 23.3. The van der Waals surface area contributed by atoms with Crippen molar-refractivity contribution in [2.24, 2.45) is 0 Å². The lowest BCUT2D eigenvalue weighted by Crippen LogP contribution is -2.30. The summed E-state index contributed by atoms with van der Waals surface area (Å²) in [7, 11) is 1.13. The van der Waals surface area contributed by atoms with Gasteiger partial charge in [-0.2, -0.15) is 13.2 Å². The van der Waals surface area contributed by atoms with E-state index in [0.717, 1.165) is 30.7 Å². The fourth-order valence-corrected chi connectivity index (χ4v) is 4.98. The van der Waals surface area contributed by atoms with Crippen molar-refractivity contribution in [3.63, 3.8) is 0 Å². The van der Waals surface area contributed by atoms with E-state index in [9.17, 15) is 22.8 Å². The highest BCUT2D eigenvalue weighted by atomic mass is 19.4. The van der Waals surface area contributed by atoms with Gasteiger partial charge in [-0.05, 0) is 92.1 Å². The van der Waals surface area contributed by atoms with Crippen LogP contribution in [0.4, 0.5) is 13.2 Å². The molecule has 0 spiro atoms. The molecule has 3 aromatic carbocycles. The Labute approximate surface area is 232 Å². The van der Waals surface area contributed by atoms with Crippen molar-refractivity contribution in [1.82, 2.24) is 0 Å². The third-order valence-corrected chi connectivity index (χ3v) is 6.61. The van der Waals surface area contributed by atoms with Gasteiger partial charge in [-0.25, -0.2) is 4.79 Å². The van der Waals surface area contributed by atoms with E-state index in [-0.39, 0.29) is 23.3 Å². The fourth-order valence-electron chi connectivity index (χ4n) is 4.98. The molecule has 0 aliphatic carbocycles. The zero-order valence-corrected chi connectivity index (χ0v) is 23.3. The monoisotopic (exact) mass is 554 g/mol. The average Bonchev–Trinajstić information content (AvgIpc) is 2.89. The van der Waals surface area contributed by atoms with E-state index in [4.69, 9.17) is 14.2 Å². The number of carbonyl (C=O) groups excluding carboxylic acids is 2. The smallest absolute Gasteiger partial charge is 0.416 e. The van der Waals surface area contributed by atoms with E-state index in [1.54, 1.807) is 57.2 Å². The van der Waals surface area contributed by atoms with Gasteiger partial charge in [0.25, 0.3) is 0 Å². The lowest BCUT2D eigenvalue weighted by atomic mass is 9.84. The van der Waals surface area contributed by atoms with Gasteiger partial charge in [0.15, 0.2) is 6.10 Å². The molecule has 1 aliphatic heterocycles. The maximum Gasteiger partial charge on any atom is 0.416 e. The minimum atomic E-state index is -4.78. The molecule has 3 aromatic rings. The van der Waals surface area contributed by atoms with Crippen LogP contribution in [0.3, 0.4) is 0 Å². The van der Waals surface area contributed by atoms with Crippen molar-refractivity contribution in [3.8, 4) is 28.0 Å². The number of fused-ring (bicyclic) bond motifs is 1. The Morgan fingerprint density at radius 1 is 0.975 bits per heavy atom. The highest BCUT2D eigenvalue weighted by Gasteiger charge is 2.42. The molecule has 1 heterocycles. The molecule has 0 radical (unpaired) electrons. The number of ether oxygens (including phenoxy) is 3. The maximum atomic E-state index is 14.6. The molecule has 1 aliphatic rings. The molecule has 0 amide bonds. The van der Waals surface area contributed by atoms with Crippen molar-refractivity contribution >= 4 is 11.8 Å². The van der Waals surface area contributed by atoms with Gasteiger partial charge in [0.2, 0.25) is 0 Å². The van der Waals surface area contributed by atoms with Crippen molar-refractivity contribution in [3.05, 3.63) is 76.9 Å². The van der Waals surface area contributed by atoms with Gasteiger partial charge in [-0.15, -0.1) is 0 Å². The number of benzene rings is 3. The summed E-state index contributed by atoms with van der Waals surface area (Å²) in [5.74, 6) is -0.243. The summed E-state index contributed by atoms with van der Waals surface area (Å²) in [5.41, 5.74) is 1.25. The van der Waals surface area contributed by atoms with Crippen LogP contribution in [-0.4, -0.2) is 31.1 Å². The van der Waals surface area contributed by atoms with Crippen LogP contribution in [0.5, 0.6) is 5.75 Å². The summed E-state index contributed by atoms with van der Waals surface area (Å²) in [6.45, 7) is 7.08. The number of carbonyl (C=O) groups is 2. The average molecular weight is 555 g/mol. The SMILES string of the molecule is COC(=O)C(OC(C)(C)C)c1c(C(F)(F)F)ccc(-c2ccc(CC(C)=O)cc2)c1-c1ccc2c(c1)CCCO2. The molecule has 0 bridgehead atoms. The summed E-state index contributed by atoms with van der Waals surface area (Å²) >= 11 is 0. The van der Waals surface area contributed by atoms with Gasteiger partial charge < -0.3 is 14.2 Å². The van der Waals surface area contributed by atoms with Crippen LogP contribution in [0.25, 0.3) is 22.3 Å². The largest absolute Gasteiger partial charge is 0.493 e. The van der Waals surface area contributed by atoms with E-state index in [0.29, 0.717) is 35.5 Å². The van der Waals surface area contributed by atoms with Crippen LogP contribution in [0, 0.1) is 0 Å². The van der Waals surface area contributed by atoms with Gasteiger partial charge >= 0.3 is 12.1 Å². The third-order valence-electron chi connectivity index (χ3n) is 6.61. The van der Waals surface area contributed by atoms with Crippen molar-refractivity contribution < 1.29 is 37.0 Å². The first-order valence-electron chi connectivity index (χ1n) is 13.1. The summed E-state index contributed by atoms with van der Waals surface area (Å²) in [6.07, 6.45) is -4.68. The van der Waals surface area contributed by atoms with E-state index in [1.165, 1.54) is 13.0 Å². The van der Waals surface area contributed by atoms with E-state index >= 15 is 0 Å². The number of aryl methyl sites for hydroxylation is 1. The van der Waals surface area contributed by atoms with Crippen LogP contribution in [-0.2, 0) is 38.1 Å². The van der Waals surface area contributed by atoms with Crippen LogP contribution >= 0.6 is 0 Å². The van der Waals surface area contributed by atoms with Crippen molar-refractivity contribution in [2.75, 3.05) is 13.7 Å². The second kappa shape index (κ2) is 11.5. The van der Waals surface area contributed by atoms with Gasteiger partial charge in [-0.3, -0.25) is 4.79 Å². The summed E-state index contributed by atoms with van der Waals surface area (Å²) in [6, 6.07) is 14.8. The standard InChI is InChI=1S/C32H33F3O5/c1-19(36)17-20-8-10-21(11-9-20)24-13-14-25(32(33,34)35)28(29(30(37)38-5)40-31(2,3)4)27(24)23-12-15-26-22(18-23)7-6-16-39-26/h8-15,18,29H,6-7,16-17H2,1-5H3. The molecule has 8 heteroatoms. The number of hydrogen-bond donors (Lipinski definition) is 0. The maximum absolute atomic E-state index is 14.6. The van der Waals surface area contributed by atoms with Crippen LogP contribution in [0.1, 0.15) is 62.5 Å². The van der Waals surface area contributed by atoms with Gasteiger partial charge in [0.1, 0.15) is 11.5 Å². The van der Waals surface area contributed by atoms with E-state index in [2.05, 4.69) is 0 Å². The summed E-state index contributed by atoms with van der Waals surface area (Å²) in [4.78, 5) is 24.7. The molecule has 0 aromatic heterocycles. The molecule has 212 valence electrons. The summed E-state index contributed by atoms with van der Waals surface area (Å²) < 4.78 is 60.6. The Morgan fingerprint density at radius 3 is 2.25 bits per heavy atom. The second-order valence-corrected chi connectivity index (χ2v) is 10.9. The Bertz CT molecular complexity index is 1400. The highest BCUT2D eigenvalue weighted by molar-refractivity contribution is 5.91. The molecule has 5 nitrogen and oxygen atoms in total. The normalized spacial score (nSPS) is 14.2. The van der Waals surface area contributed by atoms with E-state index in [1.807, 2.05) is 6.07 Å². The molecule has 4 rings (SSSR count). The Morgan fingerprint density at radius 2 is 1.65 bits per heavy atom. The molecular weight excluding hydrogens is 521 g/mol. The van der Waals surface area contributed by atoms with Crippen LogP contribution in [0.2, 0.25) is 0 Å². The van der Waals surface area contributed by atoms with E-state index < -0.39 is 29.4 Å². The number of hydrogen-bond acceptors (Lipinski definition) is 5. The molecule has 0 fully saturated rings. The quantitative estimate of drug-likeness (QED) is 0.283. The molecule has 1 unspecified atom stereocenters. The number of rotatable bonds is 7. The summed E-state index contributed by atoms with van der Waals surface area (Å²) in [5, 5.41) is 0. The number of methoxy groups -OCH3 is 1. The first-order chi connectivity index (χ1) is 18.8. The first kappa shape index (κ1) is 29.3. The number of alkyl halides is 3. The highest BCUT2D eigenvalue weighted by Crippen LogP contribution is 2.47. The van der Waals surface area contributed by atoms with Crippen LogP contribution < -0.4 is 4.74 Å². The number of esters is 1. The Hall–Kier alpha value is -3.65. The van der Waals surface area contributed by atoms with Gasteiger partial charge in [0.05, 0.1) is 24.9 Å². The number of halogens is 3. The minimum Gasteiger partial charge on any atom is -0.493 e. The minimum absolute atomic E-state index is 0.00165. The lowest BCUT2D eigenvalue weighted by Gasteiger charge is -2.31.